The molecule has 1 atom stereocenters. The molecule has 2 amide bonds. The molecule has 0 saturated carbocycles. The first kappa shape index (κ1) is 28.9. The van der Waals surface area contributed by atoms with Gasteiger partial charge >= 0.3 is 0 Å². The quantitative estimate of drug-likeness (QED) is 0.494. The van der Waals surface area contributed by atoms with Gasteiger partial charge in [-0.2, -0.15) is 0 Å². The minimum absolute atomic E-state index is 0.143. The molecule has 2 aromatic carbocycles. The van der Waals surface area contributed by atoms with Crippen molar-refractivity contribution < 1.29 is 18.0 Å². The van der Waals surface area contributed by atoms with E-state index in [1.807, 2.05) is 58.9 Å². The van der Waals surface area contributed by atoms with Gasteiger partial charge < -0.3 is 10.2 Å². The predicted molar refractivity (Wildman–Crippen MR) is 142 cm³/mol. The molecule has 0 aliphatic heterocycles. The summed E-state index contributed by atoms with van der Waals surface area (Å²) in [6.45, 7) is 8.96. The number of hydrogen-bond acceptors (Lipinski definition) is 4. The average Bonchev–Trinajstić information content (AvgIpc) is 2.68. The van der Waals surface area contributed by atoms with E-state index in [-0.39, 0.29) is 28.2 Å². The molecular formula is C25H33Cl2N3O4S. The Morgan fingerprint density at radius 1 is 1.06 bits per heavy atom. The van der Waals surface area contributed by atoms with E-state index in [0.717, 1.165) is 21.7 Å². The zero-order valence-corrected chi connectivity index (χ0v) is 23.3. The van der Waals surface area contributed by atoms with Crippen LogP contribution in [0.25, 0.3) is 0 Å². The molecule has 1 N–H and O–H groups in total. The fourth-order valence-corrected chi connectivity index (χ4v) is 5.02. The highest BCUT2D eigenvalue weighted by Crippen LogP contribution is 2.27. The third-order valence-electron chi connectivity index (χ3n) is 5.13. The molecule has 0 saturated heterocycles. The molecule has 2 rings (SSSR count). The second-order valence-corrected chi connectivity index (χ2v) is 12.4. The maximum absolute atomic E-state index is 13.7. The fourth-order valence-electron chi connectivity index (χ4n) is 3.68. The lowest BCUT2D eigenvalue weighted by Crippen LogP contribution is -2.55. The zero-order chi connectivity index (χ0) is 26.6. The first-order valence-corrected chi connectivity index (χ1v) is 13.8. The lowest BCUT2D eigenvalue weighted by Gasteiger charge is -2.34. The highest BCUT2D eigenvalue weighted by atomic mass is 35.5. The molecule has 0 aromatic heterocycles. The van der Waals surface area contributed by atoms with Crippen LogP contribution in [0, 0.1) is 6.92 Å². The molecule has 0 aliphatic carbocycles. The van der Waals surface area contributed by atoms with Crippen molar-refractivity contribution in [3.8, 4) is 0 Å². The second kappa shape index (κ2) is 11.6. The summed E-state index contributed by atoms with van der Waals surface area (Å²) >= 11 is 12.2. The van der Waals surface area contributed by atoms with Crippen molar-refractivity contribution in [2.24, 2.45) is 0 Å². The number of nitrogens with zero attached hydrogens (tertiary/aromatic N) is 2. The van der Waals surface area contributed by atoms with E-state index in [1.165, 1.54) is 23.1 Å². The van der Waals surface area contributed by atoms with Gasteiger partial charge in [0.15, 0.2) is 0 Å². The minimum Gasteiger partial charge on any atom is -0.350 e. The number of carbonyl (C=O) groups excluding carboxylic acids is 2. The summed E-state index contributed by atoms with van der Waals surface area (Å²) in [5, 5.41) is 3.41. The lowest BCUT2D eigenvalue weighted by molar-refractivity contribution is -0.141. The van der Waals surface area contributed by atoms with Gasteiger partial charge in [0.2, 0.25) is 21.8 Å². The van der Waals surface area contributed by atoms with Crippen molar-refractivity contribution in [1.29, 1.82) is 0 Å². The van der Waals surface area contributed by atoms with Crippen LogP contribution in [0.15, 0.2) is 42.5 Å². The summed E-state index contributed by atoms with van der Waals surface area (Å²) in [5.74, 6) is -0.832. The van der Waals surface area contributed by atoms with E-state index in [1.54, 1.807) is 0 Å². The van der Waals surface area contributed by atoms with Gasteiger partial charge in [0.1, 0.15) is 12.6 Å². The van der Waals surface area contributed by atoms with Gasteiger partial charge in [0, 0.05) is 22.1 Å². The minimum atomic E-state index is -3.87. The number of carbonyl (C=O) groups is 2. The second-order valence-electron chi connectivity index (χ2n) is 9.57. The Morgan fingerprint density at radius 3 is 2.14 bits per heavy atom. The molecule has 0 heterocycles. The van der Waals surface area contributed by atoms with Crippen molar-refractivity contribution in [2.45, 2.75) is 59.2 Å². The van der Waals surface area contributed by atoms with Gasteiger partial charge in [-0.05, 0) is 57.9 Å². The Bertz CT molecular complexity index is 1160. The third kappa shape index (κ3) is 8.70. The predicted octanol–water partition coefficient (Wildman–Crippen LogP) is 4.79. The summed E-state index contributed by atoms with van der Waals surface area (Å²) in [6.07, 6.45) is 1.35. The van der Waals surface area contributed by atoms with Crippen LogP contribution in [0.5, 0.6) is 0 Å². The van der Waals surface area contributed by atoms with Gasteiger partial charge in [-0.15, -0.1) is 0 Å². The number of sulfonamides is 1. The first-order chi connectivity index (χ1) is 16.1. The van der Waals surface area contributed by atoms with Crippen LogP contribution in [0.2, 0.25) is 10.0 Å². The maximum atomic E-state index is 13.7. The van der Waals surface area contributed by atoms with Crippen LogP contribution < -0.4 is 9.62 Å². The van der Waals surface area contributed by atoms with Gasteiger partial charge in [-0.25, -0.2) is 8.42 Å². The van der Waals surface area contributed by atoms with Crippen LogP contribution in [-0.2, 0) is 26.2 Å². The van der Waals surface area contributed by atoms with Gasteiger partial charge in [-0.3, -0.25) is 13.9 Å². The summed E-state index contributed by atoms with van der Waals surface area (Å²) < 4.78 is 26.3. The van der Waals surface area contributed by atoms with Gasteiger partial charge in [-0.1, -0.05) is 60.0 Å². The maximum Gasteiger partial charge on any atom is 0.244 e. The molecular weight excluding hydrogens is 509 g/mol. The molecule has 192 valence electrons. The Labute approximate surface area is 218 Å². The number of rotatable bonds is 9. The fraction of sp³-hybridized carbons (Fsp3) is 0.440. The van der Waals surface area contributed by atoms with E-state index in [0.29, 0.717) is 6.42 Å². The molecule has 10 heteroatoms. The summed E-state index contributed by atoms with van der Waals surface area (Å²) in [7, 11) is -3.87. The number of benzene rings is 2. The van der Waals surface area contributed by atoms with Crippen LogP contribution in [0.1, 0.15) is 45.2 Å². The SMILES string of the molecule is CC[C@H](C(=O)NC(C)(C)C)N(Cc1cccc(C)c1)C(=O)CN(c1cc(Cl)cc(Cl)c1)S(C)(=O)=O. The Balaban J connectivity index is 2.49. The Hall–Kier alpha value is -2.29. The summed E-state index contributed by atoms with van der Waals surface area (Å²) in [5.41, 5.74) is 1.50. The summed E-state index contributed by atoms with van der Waals surface area (Å²) in [6, 6.07) is 11.1. The van der Waals surface area contributed by atoms with Crippen LogP contribution in [0.3, 0.4) is 0 Å². The van der Waals surface area contributed by atoms with E-state index >= 15 is 0 Å². The largest absolute Gasteiger partial charge is 0.350 e. The molecule has 0 unspecified atom stereocenters. The van der Waals surface area contributed by atoms with Gasteiger partial charge in [0.05, 0.1) is 11.9 Å². The van der Waals surface area contributed by atoms with Crippen molar-refractivity contribution >= 4 is 50.7 Å². The number of halogens is 2. The molecule has 0 fully saturated rings. The molecule has 35 heavy (non-hydrogen) atoms. The Morgan fingerprint density at radius 2 is 1.66 bits per heavy atom. The number of nitrogens with one attached hydrogen (secondary N) is 1. The standard InChI is InChI=1S/C25H33Cl2N3O4S/c1-7-22(24(32)28-25(3,4)5)29(15-18-10-8-9-17(2)11-18)23(31)16-30(35(6,33)34)21-13-19(26)12-20(27)14-21/h8-14,22H,7,15-16H2,1-6H3,(H,28,32)/t22-/m1/s1. The average molecular weight is 543 g/mol. The van der Waals surface area contributed by atoms with Crippen LogP contribution in [-0.4, -0.2) is 49.5 Å². The van der Waals surface area contributed by atoms with Crippen LogP contribution >= 0.6 is 23.2 Å². The highest BCUT2D eigenvalue weighted by molar-refractivity contribution is 7.92. The highest BCUT2D eigenvalue weighted by Gasteiger charge is 2.33. The van der Waals surface area contributed by atoms with E-state index in [2.05, 4.69) is 5.32 Å². The van der Waals surface area contributed by atoms with Crippen LogP contribution in [0.4, 0.5) is 5.69 Å². The van der Waals surface area contributed by atoms with Crippen molar-refractivity contribution in [1.82, 2.24) is 10.2 Å². The zero-order valence-electron chi connectivity index (χ0n) is 20.9. The lowest BCUT2D eigenvalue weighted by atomic mass is 10.0. The molecule has 2 aromatic rings. The van der Waals surface area contributed by atoms with E-state index < -0.39 is 34.1 Å². The van der Waals surface area contributed by atoms with E-state index in [4.69, 9.17) is 23.2 Å². The molecule has 7 nitrogen and oxygen atoms in total. The topological polar surface area (TPSA) is 86.8 Å². The number of hydrogen-bond donors (Lipinski definition) is 1. The number of aryl methyl sites for hydroxylation is 1. The van der Waals surface area contributed by atoms with Crippen molar-refractivity contribution in [2.75, 3.05) is 17.1 Å². The molecule has 0 spiro atoms. The number of amides is 2. The number of anilines is 1. The molecule has 0 bridgehead atoms. The smallest absolute Gasteiger partial charge is 0.244 e. The van der Waals surface area contributed by atoms with Crippen molar-refractivity contribution in [3.05, 3.63) is 63.6 Å². The van der Waals surface area contributed by atoms with E-state index in [9.17, 15) is 18.0 Å². The Kier molecular flexibility index (Phi) is 9.62. The monoisotopic (exact) mass is 541 g/mol. The molecule has 0 aliphatic rings. The normalized spacial score (nSPS) is 12.7. The molecule has 0 radical (unpaired) electrons. The van der Waals surface area contributed by atoms with Crippen molar-refractivity contribution in [3.63, 3.8) is 0 Å². The van der Waals surface area contributed by atoms with Gasteiger partial charge in [0.25, 0.3) is 0 Å². The first-order valence-electron chi connectivity index (χ1n) is 11.2. The third-order valence-corrected chi connectivity index (χ3v) is 6.71. The summed E-state index contributed by atoms with van der Waals surface area (Å²) in [4.78, 5) is 28.3.